The fourth-order valence-electron chi connectivity index (χ4n) is 1.38. The van der Waals surface area contributed by atoms with Gasteiger partial charge in [-0.3, -0.25) is 4.79 Å². The van der Waals surface area contributed by atoms with Crippen LogP contribution >= 0.6 is 0 Å². The smallest absolute Gasteiger partial charge is 0.322 e. The lowest BCUT2D eigenvalue weighted by Crippen LogP contribution is -2.39. The number of carboxylic acid groups (broad SMARTS) is 1. The highest BCUT2D eigenvalue weighted by molar-refractivity contribution is 7.88. The van der Waals surface area contributed by atoms with E-state index in [9.17, 15) is 13.2 Å². The zero-order valence-corrected chi connectivity index (χ0v) is 7.54. The van der Waals surface area contributed by atoms with Gasteiger partial charge < -0.3 is 5.11 Å². The summed E-state index contributed by atoms with van der Waals surface area (Å²) >= 11 is 0. The molecule has 0 saturated carbocycles. The predicted molar refractivity (Wildman–Crippen MR) is 42.2 cm³/mol. The highest BCUT2D eigenvalue weighted by Crippen LogP contribution is 2.19. The van der Waals surface area contributed by atoms with Crippen molar-refractivity contribution in [1.29, 1.82) is 0 Å². The number of hydrogen-bond acceptors (Lipinski definition) is 3. The minimum absolute atomic E-state index is 0.329. The zero-order valence-electron chi connectivity index (χ0n) is 6.73. The summed E-state index contributed by atoms with van der Waals surface area (Å²) in [6, 6.07) is -0.847. The van der Waals surface area contributed by atoms with Crippen LogP contribution in [0.1, 0.15) is 12.8 Å². The number of aliphatic carboxylic acids is 1. The molecule has 0 spiro atoms. The minimum Gasteiger partial charge on any atom is -0.480 e. The Morgan fingerprint density at radius 3 is 2.50 bits per heavy atom. The molecule has 0 amide bonds. The molecule has 0 radical (unpaired) electrons. The number of carbonyl (C=O) groups is 1. The molecule has 1 aliphatic rings. The summed E-state index contributed by atoms with van der Waals surface area (Å²) in [6.45, 7) is 0.329. The third kappa shape index (κ3) is 1.75. The maximum absolute atomic E-state index is 11.0. The normalized spacial score (nSPS) is 25.9. The molecule has 70 valence electrons. The third-order valence-electron chi connectivity index (χ3n) is 1.91. The monoisotopic (exact) mass is 193 g/mol. The van der Waals surface area contributed by atoms with Gasteiger partial charge in [-0.25, -0.2) is 8.42 Å². The van der Waals surface area contributed by atoms with Gasteiger partial charge >= 0.3 is 5.97 Å². The van der Waals surface area contributed by atoms with E-state index in [-0.39, 0.29) is 0 Å². The summed E-state index contributed by atoms with van der Waals surface area (Å²) in [6.07, 6.45) is 2.08. The van der Waals surface area contributed by atoms with E-state index < -0.39 is 22.0 Å². The van der Waals surface area contributed by atoms with Crippen molar-refractivity contribution >= 4 is 16.0 Å². The van der Waals surface area contributed by atoms with E-state index >= 15 is 0 Å². The van der Waals surface area contributed by atoms with Crippen LogP contribution in [0, 0.1) is 0 Å². The first-order chi connectivity index (χ1) is 5.43. The minimum atomic E-state index is -3.34. The Labute approximate surface area is 71.0 Å². The second-order valence-electron chi connectivity index (χ2n) is 2.87. The van der Waals surface area contributed by atoms with Crippen LogP contribution in [-0.4, -0.2) is 42.6 Å². The van der Waals surface area contributed by atoms with Crippen molar-refractivity contribution < 1.29 is 18.3 Å². The standard InChI is InChI=1S/C6H11NO4S/c1-12(10,11)7-4-2-3-5(7)6(8)9/h5H,2-4H2,1H3,(H,8,9)/t5-/m0/s1. The summed E-state index contributed by atoms with van der Waals surface area (Å²) < 4.78 is 23.1. The predicted octanol–water partition coefficient (Wildman–Crippen LogP) is -0.505. The van der Waals surface area contributed by atoms with E-state index in [0.29, 0.717) is 19.4 Å². The Hall–Kier alpha value is -0.620. The molecule has 0 bridgehead atoms. The molecule has 5 nitrogen and oxygen atoms in total. The number of sulfonamides is 1. The maximum Gasteiger partial charge on any atom is 0.322 e. The van der Waals surface area contributed by atoms with Crippen LogP contribution in [-0.2, 0) is 14.8 Å². The summed E-state index contributed by atoms with van der Waals surface area (Å²) in [4.78, 5) is 10.6. The van der Waals surface area contributed by atoms with Gasteiger partial charge in [0.15, 0.2) is 0 Å². The average Bonchev–Trinajstić information content (AvgIpc) is 2.30. The van der Waals surface area contributed by atoms with Crippen LogP contribution in [0.2, 0.25) is 0 Å². The van der Waals surface area contributed by atoms with Gasteiger partial charge in [0.1, 0.15) is 6.04 Å². The summed E-state index contributed by atoms with van der Waals surface area (Å²) in [5.41, 5.74) is 0. The molecule has 1 fully saturated rings. The van der Waals surface area contributed by atoms with Crippen molar-refractivity contribution in [1.82, 2.24) is 4.31 Å². The van der Waals surface area contributed by atoms with E-state index in [1.165, 1.54) is 0 Å². The zero-order chi connectivity index (χ0) is 9.35. The van der Waals surface area contributed by atoms with Gasteiger partial charge in [0.25, 0.3) is 0 Å². The molecule has 1 atom stereocenters. The van der Waals surface area contributed by atoms with Crippen molar-refractivity contribution in [2.75, 3.05) is 12.8 Å². The number of hydrogen-bond donors (Lipinski definition) is 1. The van der Waals surface area contributed by atoms with E-state index in [4.69, 9.17) is 5.11 Å². The number of nitrogens with zero attached hydrogens (tertiary/aromatic N) is 1. The van der Waals surface area contributed by atoms with E-state index in [1.54, 1.807) is 0 Å². The first kappa shape index (κ1) is 9.47. The Morgan fingerprint density at radius 2 is 2.17 bits per heavy atom. The maximum atomic E-state index is 11.0. The highest BCUT2D eigenvalue weighted by atomic mass is 32.2. The lowest BCUT2D eigenvalue weighted by atomic mass is 10.2. The topological polar surface area (TPSA) is 74.7 Å². The SMILES string of the molecule is CS(=O)(=O)N1CCC[C@H]1C(=O)O. The third-order valence-corrected chi connectivity index (χ3v) is 3.20. The van der Waals surface area contributed by atoms with Crippen LogP contribution in [0.25, 0.3) is 0 Å². The van der Waals surface area contributed by atoms with Gasteiger partial charge in [-0.15, -0.1) is 0 Å². The molecule has 1 heterocycles. The molecule has 0 aromatic carbocycles. The van der Waals surface area contributed by atoms with Crippen molar-refractivity contribution in [3.63, 3.8) is 0 Å². The fraction of sp³-hybridized carbons (Fsp3) is 0.833. The molecule has 12 heavy (non-hydrogen) atoms. The second kappa shape index (κ2) is 3.02. The van der Waals surface area contributed by atoms with Crippen molar-refractivity contribution in [3.8, 4) is 0 Å². The van der Waals surface area contributed by atoms with Crippen LogP contribution in [0.15, 0.2) is 0 Å². The van der Waals surface area contributed by atoms with Gasteiger partial charge in [-0.1, -0.05) is 0 Å². The van der Waals surface area contributed by atoms with Crippen molar-refractivity contribution in [2.45, 2.75) is 18.9 Å². The van der Waals surface area contributed by atoms with Crippen LogP contribution in [0.4, 0.5) is 0 Å². The number of rotatable bonds is 2. The molecule has 1 N–H and O–H groups in total. The summed E-state index contributed by atoms with van der Waals surface area (Å²) in [5.74, 6) is -1.06. The van der Waals surface area contributed by atoms with E-state index in [2.05, 4.69) is 0 Å². The molecule has 1 aliphatic heterocycles. The lowest BCUT2D eigenvalue weighted by molar-refractivity contribution is -0.140. The molecule has 1 rings (SSSR count). The lowest BCUT2D eigenvalue weighted by Gasteiger charge is -2.17. The quantitative estimate of drug-likeness (QED) is 0.641. The van der Waals surface area contributed by atoms with E-state index in [1.807, 2.05) is 0 Å². The van der Waals surface area contributed by atoms with E-state index in [0.717, 1.165) is 10.6 Å². The molecule has 0 aromatic heterocycles. The van der Waals surface area contributed by atoms with Gasteiger partial charge in [-0.05, 0) is 12.8 Å². The first-order valence-electron chi connectivity index (χ1n) is 3.62. The molecule has 1 saturated heterocycles. The van der Waals surface area contributed by atoms with Gasteiger partial charge in [0.05, 0.1) is 6.26 Å². The van der Waals surface area contributed by atoms with Crippen molar-refractivity contribution in [3.05, 3.63) is 0 Å². The Balaban J connectivity index is 2.85. The second-order valence-corrected chi connectivity index (χ2v) is 4.81. The van der Waals surface area contributed by atoms with Gasteiger partial charge in [-0.2, -0.15) is 4.31 Å². The Bertz CT molecular complexity index is 284. The molecule has 6 heteroatoms. The van der Waals surface area contributed by atoms with Gasteiger partial charge in [0.2, 0.25) is 10.0 Å². The van der Waals surface area contributed by atoms with Gasteiger partial charge in [0, 0.05) is 6.54 Å². The Morgan fingerprint density at radius 1 is 1.58 bits per heavy atom. The molecular weight excluding hydrogens is 182 g/mol. The van der Waals surface area contributed by atoms with Crippen LogP contribution in [0.3, 0.4) is 0 Å². The fourth-order valence-corrected chi connectivity index (χ4v) is 2.50. The number of carboxylic acids is 1. The first-order valence-corrected chi connectivity index (χ1v) is 5.47. The summed E-state index contributed by atoms with van der Waals surface area (Å²) in [5, 5.41) is 8.64. The largest absolute Gasteiger partial charge is 0.480 e. The molecule has 0 aliphatic carbocycles. The van der Waals surface area contributed by atoms with Crippen LogP contribution in [0.5, 0.6) is 0 Å². The van der Waals surface area contributed by atoms with Crippen LogP contribution < -0.4 is 0 Å². The highest BCUT2D eigenvalue weighted by Gasteiger charge is 2.36. The molecule has 0 unspecified atom stereocenters. The summed E-state index contributed by atoms with van der Waals surface area (Å²) in [7, 11) is -3.34. The molecule has 0 aromatic rings. The molecular formula is C6H11NO4S. The Kier molecular flexibility index (Phi) is 2.39. The van der Waals surface area contributed by atoms with Crippen molar-refractivity contribution in [2.24, 2.45) is 0 Å². The average molecular weight is 193 g/mol.